The first kappa shape index (κ1) is 20.8. The molecule has 0 fully saturated rings. The van der Waals surface area contributed by atoms with Crippen molar-refractivity contribution in [3.63, 3.8) is 0 Å². The Hall–Kier alpha value is -3.48. The van der Waals surface area contributed by atoms with Gasteiger partial charge in [0.25, 0.3) is 11.6 Å². The molecule has 7 nitrogen and oxygen atoms in total. The standard InChI is InChI=1S/C21H22N2O5/c1-21(2,3)16-10-8-15(9-11-16)19(24)22-18(20(25)28-4)13-14-6-5-7-17(12-14)23(26)27/h5-13H,1-4H3,(H,22,24)/b18-13-. The van der Waals surface area contributed by atoms with Gasteiger partial charge < -0.3 is 10.1 Å². The summed E-state index contributed by atoms with van der Waals surface area (Å²) in [7, 11) is 1.19. The molecule has 0 radical (unpaired) electrons. The summed E-state index contributed by atoms with van der Waals surface area (Å²) in [6.07, 6.45) is 1.33. The largest absolute Gasteiger partial charge is 0.464 e. The number of methoxy groups -OCH3 is 1. The van der Waals surface area contributed by atoms with E-state index >= 15 is 0 Å². The van der Waals surface area contributed by atoms with Gasteiger partial charge in [0.2, 0.25) is 0 Å². The zero-order valence-corrected chi connectivity index (χ0v) is 16.2. The molecule has 0 saturated carbocycles. The third kappa shape index (κ3) is 5.26. The quantitative estimate of drug-likeness (QED) is 0.367. The van der Waals surface area contributed by atoms with Gasteiger partial charge in [0.1, 0.15) is 5.70 Å². The molecule has 2 rings (SSSR count). The van der Waals surface area contributed by atoms with Crippen molar-refractivity contribution >= 4 is 23.6 Å². The van der Waals surface area contributed by atoms with Crippen LogP contribution < -0.4 is 5.32 Å². The Balaban J connectivity index is 2.29. The minimum absolute atomic E-state index is 0.0475. The molecular weight excluding hydrogens is 360 g/mol. The molecule has 0 atom stereocenters. The van der Waals surface area contributed by atoms with Crippen LogP contribution in [0.3, 0.4) is 0 Å². The number of carbonyl (C=O) groups is 2. The number of nitrogens with zero attached hydrogens (tertiary/aromatic N) is 1. The Morgan fingerprint density at radius 3 is 2.29 bits per heavy atom. The van der Waals surface area contributed by atoms with E-state index in [1.807, 2.05) is 12.1 Å². The van der Waals surface area contributed by atoms with Crippen molar-refractivity contribution in [2.45, 2.75) is 26.2 Å². The minimum Gasteiger partial charge on any atom is -0.464 e. The van der Waals surface area contributed by atoms with Gasteiger partial charge >= 0.3 is 5.97 Å². The highest BCUT2D eigenvalue weighted by Crippen LogP contribution is 2.22. The average Bonchev–Trinajstić information content (AvgIpc) is 2.66. The van der Waals surface area contributed by atoms with Crippen molar-refractivity contribution in [1.29, 1.82) is 0 Å². The number of nitro groups is 1. The average molecular weight is 382 g/mol. The van der Waals surface area contributed by atoms with Crippen molar-refractivity contribution in [1.82, 2.24) is 5.32 Å². The van der Waals surface area contributed by atoms with Crippen molar-refractivity contribution in [3.8, 4) is 0 Å². The maximum atomic E-state index is 12.5. The number of ether oxygens (including phenoxy) is 1. The summed E-state index contributed by atoms with van der Waals surface area (Å²) in [5, 5.41) is 13.4. The molecule has 0 aliphatic heterocycles. The Morgan fingerprint density at radius 2 is 1.75 bits per heavy atom. The Kier molecular flexibility index (Phi) is 6.30. The second kappa shape index (κ2) is 8.47. The van der Waals surface area contributed by atoms with Crippen molar-refractivity contribution in [3.05, 3.63) is 81.0 Å². The van der Waals surface area contributed by atoms with Crippen molar-refractivity contribution in [2.24, 2.45) is 0 Å². The van der Waals surface area contributed by atoms with Gasteiger partial charge in [-0.3, -0.25) is 14.9 Å². The minimum atomic E-state index is -0.758. The maximum absolute atomic E-state index is 12.5. The van der Waals surface area contributed by atoms with E-state index < -0.39 is 16.8 Å². The molecule has 2 aromatic carbocycles. The van der Waals surface area contributed by atoms with E-state index in [-0.39, 0.29) is 16.8 Å². The number of nitrogens with one attached hydrogen (secondary N) is 1. The van der Waals surface area contributed by atoms with E-state index in [0.29, 0.717) is 11.1 Å². The normalized spacial score (nSPS) is 11.6. The van der Waals surface area contributed by atoms with Crippen LogP contribution in [0.2, 0.25) is 0 Å². The Labute approximate surface area is 163 Å². The number of esters is 1. The number of carbonyl (C=O) groups excluding carboxylic acids is 2. The molecule has 146 valence electrons. The molecule has 2 aromatic rings. The molecule has 1 amide bonds. The number of hydrogen-bond donors (Lipinski definition) is 1. The molecule has 28 heavy (non-hydrogen) atoms. The zero-order valence-electron chi connectivity index (χ0n) is 16.2. The lowest BCUT2D eigenvalue weighted by Crippen LogP contribution is -2.28. The fourth-order valence-corrected chi connectivity index (χ4v) is 2.47. The fourth-order valence-electron chi connectivity index (χ4n) is 2.47. The van der Waals surface area contributed by atoms with Crippen LogP contribution in [0.4, 0.5) is 5.69 Å². The first-order valence-electron chi connectivity index (χ1n) is 8.58. The number of non-ortho nitro benzene ring substituents is 1. The van der Waals surface area contributed by atoms with Crippen molar-refractivity contribution < 1.29 is 19.2 Å². The highest BCUT2D eigenvalue weighted by molar-refractivity contribution is 6.03. The highest BCUT2D eigenvalue weighted by atomic mass is 16.6. The first-order valence-corrected chi connectivity index (χ1v) is 8.58. The monoisotopic (exact) mass is 382 g/mol. The molecule has 0 saturated heterocycles. The fraction of sp³-hybridized carbons (Fsp3) is 0.238. The summed E-state index contributed by atoms with van der Waals surface area (Å²) in [6.45, 7) is 6.21. The lowest BCUT2D eigenvalue weighted by atomic mass is 9.87. The van der Waals surface area contributed by atoms with Gasteiger partial charge in [-0.1, -0.05) is 45.0 Å². The van der Waals surface area contributed by atoms with E-state index in [1.165, 1.54) is 31.4 Å². The van der Waals surface area contributed by atoms with E-state index in [2.05, 4.69) is 26.1 Å². The van der Waals surface area contributed by atoms with E-state index in [9.17, 15) is 19.7 Å². The number of rotatable bonds is 5. The van der Waals surface area contributed by atoms with Gasteiger partial charge in [-0.15, -0.1) is 0 Å². The smallest absolute Gasteiger partial charge is 0.354 e. The lowest BCUT2D eigenvalue weighted by molar-refractivity contribution is -0.384. The lowest BCUT2D eigenvalue weighted by Gasteiger charge is -2.19. The van der Waals surface area contributed by atoms with Crippen molar-refractivity contribution in [2.75, 3.05) is 7.11 Å². The molecule has 0 aliphatic rings. The number of hydrogen-bond acceptors (Lipinski definition) is 5. The summed E-state index contributed by atoms with van der Waals surface area (Å²) in [5.74, 6) is -1.24. The number of nitro benzene ring substituents is 1. The number of benzene rings is 2. The first-order chi connectivity index (χ1) is 13.1. The van der Waals surface area contributed by atoms with E-state index in [0.717, 1.165) is 5.56 Å². The predicted octanol–water partition coefficient (Wildman–Crippen LogP) is 3.84. The van der Waals surface area contributed by atoms with Crippen LogP contribution in [0, 0.1) is 10.1 Å². The van der Waals surface area contributed by atoms with Gasteiger partial charge in [0.15, 0.2) is 0 Å². The molecule has 0 aliphatic carbocycles. The molecule has 0 spiro atoms. The third-order valence-electron chi connectivity index (χ3n) is 4.06. The van der Waals surface area contributed by atoms with Gasteiger partial charge in [0.05, 0.1) is 12.0 Å². The van der Waals surface area contributed by atoms with Crippen LogP contribution in [-0.2, 0) is 14.9 Å². The van der Waals surface area contributed by atoms with Gasteiger partial charge in [-0.25, -0.2) is 4.79 Å². The van der Waals surface area contributed by atoms with Gasteiger partial charge in [-0.2, -0.15) is 0 Å². The Morgan fingerprint density at radius 1 is 1.11 bits per heavy atom. The SMILES string of the molecule is COC(=O)/C(=C/c1cccc([N+](=O)[O-])c1)NC(=O)c1ccc(C(C)(C)C)cc1. The maximum Gasteiger partial charge on any atom is 0.354 e. The van der Waals surface area contributed by atoms with Crippen LogP contribution in [0.1, 0.15) is 42.3 Å². The molecule has 0 bridgehead atoms. The van der Waals surface area contributed by atoms with Gasteiger partial charge in [-0.05, 0) is 34.8 Å². The zero-order chi connectivity index (χ0) is 20.9. The summed E-state index contributed by atoms with van der Waals surface area (Å²) in [4.78, 5) is 35.0. The molecule has 1 N–H and O–H groups in total. The van der Waals surface area contributed by atoms with Crippen LogP contribution >= 0.6 is 0 Å². The second-order valence-corrected chi connectivity index (χ2v) is 7.18. The van der Waals surface area contributed by atoms with Crippen LogP contribution in [-0.4, -0.2) is 23.9 Å². The molecule has 0 unspecified atom stereocenters. The molecule has 7 heteroatoms. The summed E-state index contributed by atoms with van der Waals surface area (Å²) < 4.78 is 4.71. The topological polar surface area (TPSA) is 98.5 Å². The summed E-state index contributed by atoms with van der Waals surface area (Å²) >= 11 is 0. The molecule has 0 heterocycles. The van der Waals surface area contributed by atoms with Crippen LogP contribution in [0.5, 0.6) is 0 Å². The van der Waals surface area contributed by atoms with E-state index in [1.54, 1.807) is 18.2 Å². The summed E-state index contributed by atoms with van der Waals surface area (Å²) in [6, 6.07) is 12.8. The molecule has 0 aromatic heterocycles. The number of amides is 1. The predicted molar refractivity (Wildman–Crippen MR) is 106 cm³/mol. The van der Waals surface area contributed by atoms with Crippen LogP contribution in [0.25, 0.3) is 6.08 Å². The van der Waals surface area contributed by atoms with Gasteiger partial charge in [0, 0.05) is 17.7 Å². The van der Waals surface area contributed by atoms with E-state index in [4.69, 9.17) is 4.74 Å². The Bertz CT molecular complexity index is 925. The van der Waals surface area contributed by atoms with Crippen LogP contribution in [0.15, 0.2) is 54.2 Å². The molecular formula is C21H22N2O5. The summed E-state index contributed by atoms with van der Waals surface area (Å²) in [5.41, 5.74) is 1.55. The third-order valence-corrected chi connectivity index (χ3v) is 4.06. The second-order valence-electron chi connectivity index (χ2n) is 7.18. The highest BCUT2D eigenvalue weighted by Gasteiger charge is 2.17.